The van der Waals surface area contributed by atoms with Crippen molar-refractivity contribution in [1.82, 2.24) is 0 Å². The van der Waals surface area contributed by atoms with E-state index in [-0.39, 0.29) is 5.97 Å². The molecule has 0 bridgehead atoms. The number of carbonyl (C=O) groups excluding carboxylic acids is 1. The van der Waals surface area contributed by atoms with Gasteiger partial charge < -0.3 is 4.74 Å². The van der Waals surface area contributed by atoms with Crippen molar-refractivity contribution in [2.75, 3.05) is 6.61 Å². The van der Waals surface area contributed by atoms with Crippen LogP contribution in [0.25, 0.3) is 0 Å². The molecular formula is C17H32O2Si. The van der Waals surface area contributed by atoms with Crippen molar-refractivity contribution in [3.05, 3.63) is 23.9 Å². The fourth-order valence-corrected chi connectivity index (χ4v) is 2.50. The van der Waals surface area contributed by atoms with Crippen molar-refractivity contribution in [3.63, 3.8) is 0 Å². The Morgan fingerprint density at radius 1 is 1.00 bits per heavy atom. The first-order valence-corrected chi connectivity index (χ1v) is 11.5. The maximum absolute atomic E-state index is 11.1. The zero-order valence-corrected chi connectivity index (χ0v) is 14.8. The van der Waals surface area contributed by atoms with Crippen LogP contribution in [-0.4, -0.2) is 20.7 Å². The third-order valence-corrected chi connectivity index (χ3v) is 4.09. The van der Waals surface area contributed by atoms with Crippen LogP contribution in [0.3, 0.4) is 0 Å². The lowest BCUT2D eigenvalue weighted by Gasteiger charge is -2.06. The molecule has 3 heteroatoms. The number of esters is 1. The Hall–Kier alpha value is -0.833. The quantitative estimate of drug-likeness (QED) is 0.225. The maximum Gasteiger partial charge on any atom is 0.305 e. The lowest BCUT2D eigenvalue weighted by atomic mass is 10.1. The molecule has 0 heterocycles. The van der Waals surface area contributed by atoms with Crippen LogP contribution < -0.4 is 0 Å². The molecule has 0 N–H and O–H groups in total. The van der Waals surface area contributed by atoms with Gasteiger partial charge in [0.2, 0.25) is 0 Å². The van der Waals surface area contributed by atoms with Gasteiger partial charge in [-0.2, -0.15) is 0 Å². The van der Waals surface area contributed by atoms with E-state index in [0.717, 1.165) is 19.3 Å². The summed E-state index contributed by atoms with van der Waals surface area (Å²) in [6, 6.07) is 0. The summed E-state index contributed by atoms with van der Waals surface area (Å²) in [6.07, 6.45) is 14.2. The molecule has 0 fully saturated rings. The van der Waals surface area contributed by atoms with Crippen LogP contribution in [0.5, 0.6) is 0 Å². The monoisotopic (exact) mass is 296 g/mol. The second kappa shape index (κ2) is 11.9. The van der Waals surface area contributed by atoms with Crippen LogP contribution in [0.1, 0.15) is 51.9 Å². The molecule has 0 rings (SSSR count). The summed E-state index contributed by atoms with van der Waals surface area (Å²) in [5.41, 5.74) is 2.36. The third-order valence-electron chi connectivity index (χ3n) is 2.90. The predicted molar refractivity (Wildman–Crippen MR) is 90.6 cm³/mol. The summed E-state index contributed by atoms with van der Waals surface area (Å²) in [7, 11) is -1.03. The van der Waals surface area contributed by atoms with Crippen LogP contribution in [0.15, 0.2) is 23.9 Å². The Balaban J connectivity index is 3.35. The summed E-state index contributed by atoms with van der Waals surface area (Å²) in [4.78, 5) is 11.1. The van der Waals surface area contributed by atoms with Gasteiger partial charge in [-0.05, 0) is 26.2 Å². The van der Waals surface area contributed by atoms with E-state index in [2.05, 4.69) is 43.6 Å². The van der Waals surface area contributed by atoms with Gasteiger partial charge >= 0.3 is 5.97 Å². The Kier molecular flexibility index (Phi) is 11.5. The number of ether oxygens (including phenoxy) is 1. The molecule has 0 amide bonds. The highest BCUT2D eigenvalue weighted by molar-refractivity contribution is 6.80. The molecule has 0 radical (unpaired) electrons. The van der Waals surface area contributed by atoms with E-state index in [1.807, 2.05) is 6.92 Å². The van der Waals surface area contributed by atoms with Crippen molar-refractivity contribution in [2.45, 2.75) is 71.5 Å². The van der Waals surface area contributed by atoms with Crippen molar-refractivity contribution in [2.24, 2.45) is 0 Å². The topological polar surface area (TPSA) is 26.3 Å². The van der Waals surface area contributed by atoms with E-state index >= 15 is 0 Å². The van der Waals surface area contributed by atoms with Crippen LogP contribution in [0, 0.1) is 0 Å². The number of hydrogen-bond acceptors (Lipinski definition) is 2. The molecule has 0 atom stereocenters. The summed E-state index contributed by atoms with van der Waals surface area (Å²) in [6.45, 7) is 9.37. The highest BCUT2D eigenvalue weighted by Gasteiger charge is 2.05. The number of hydrogen-bond donors (Lipinski definition) is 0. The Labute approximate surface area is 126 Å². The first-order valence-electron chi connectivity index (χ1n) is 7.95. The zero-order chi connectivity index (χ0) is 15.3. The predicted octanol–water partition coefficient (Wildman–Crippen LogP) is 5.27. The first-order chi connectivity index (χ1) is 9.45. The van der Waals surface area contributed by atoms with Gasteiger partial charge in [-0.3, -0.25) is 4.79 Å². The molecular weight excluding hydrogens is 264 g/mol. The van der Waals surface area contributed by atoms with Gasteiger partial charge in [-0.25, -0.2) is 0 Å². The fraction of sp³-hybridized carbons (Fsp3) is 0.706. The minimum Gasteiger partial charge on any atom is -0.466 e. The van der Waals surface area contributed by atoms with E-state index in [9.17, 15) is 4.79 Å². The fourth-order valence-electron chi connectivity index (χ4n) is 1.81. The van der Waals surface area contributed by atoms with E-state index < -0.39 is 8.07 Å². The zero-order valence-electron chi connectivity index (χ0n) is 13.8. The molecule has 0 saturated carbocycles. The average molecular weight is 297 g/mol. The minimum absolute atomic E-state index is 0.0513. The summed E-state index contributed by atoms with van der Waals surface area (Å²) < 4.78 is 4.90. The molecule has 0 aliphatic rings. The summed E-state index contributed by atoms with van der Waals surface area (Å²) in [5.74, 6) is -0.0513. The van der Waals surface area contributed by atoms with Crippen LogP contribution >= 0.6 is 0 Å². The number of unbranched alkanes of at least 4 members (excludes halogenated alkanes) is 5. The molecule has 0 saturated heterocycles. The van der Waals surface area contributed by atoms with Gasteiger partial charge in [-0.15, -0.1) is 0 Å². The van der Waals surface area contributed by atoms with E-state index in [0.29, 0.717) is 13.0 Å². The third kappa shape index (κ3) is 15.2. The molecule has 116 valence electrons. The molecule has 0 spiro atoms. The number of allylic oxidation sites excluding steroid dienone is 3. The second-order valence-electron chi connectivity index (χ2n) is 6.26. The van der Waals surface area contributed by atoms with Crippen LogP contribution in [0.2, 0.25) is 19.6 Å². The van der Waals surface area contributed by atoms with Crippen LogP contribution in [0.4, 0.5) is 0 Å². The standard InChI is InChI=1S/C17H32O2Si/c1-5-19-17(18)15-13-11-9-7-6-8-10-12-14-16-20(2,3)4/h10,12,14,16H,5-9,11,13,15H2,1-4H3/b12-10-,16-14+. The normalized spacial score (nSPS) is 12.4. The number of rotatable bonds is 11. The second-order valence-corrected chi connectivity index (χ2v) is 11.3. The van der Waals surface area contributed by atoms with Crippen molar-refractivity contribution < 1.29 is 9.53 Å². The van der Waals surface area contributed by atoms with Gasteiger partial charge in [0.1, 0.15) is 0 Å². The molecule has 2 nitrogen and oxygen atoms in total. The molecule has 0 aliphatic carbocycles. The smallest absolute Gasteiger partial charge is 0.305 e. The summed E-state index contributed by atoms with van der Waals surface area (Å²) in [5, 5.41) is 0. The van der Waals surface area contributed by atoms with Crippen molar-refractivity contribution in [3.8, 4) is 0 Å². The van der Waals surface area contributed by atoms with Gasteiger partial charge in [0, 0.05) is 6.42 Å². The van der Waals surface area contributed by atoms with Gasteiger partial charge in [0.25, 0.3) is 0 Å². The van der Waals surface area contributed by atoms with E-state index in [1.165, 1.54) is 19.3 Å². The summed E-state index contributed by atoms with van der Waals surface area (Å²) >= 11 is 0. The van der Waals surface area contributed by atoms with Crippen LogP contribution in [-0.2, 0) is 9.53 Å². The SMILES string of the molecule is CCOC(=O)CCCCCCC/C=C\C=C\[Si](C)(C)C. The first kappa shape index (κ1) is 19.2. The highest BCUT2D eigenvalue weighted by Crippen LogP contribution is 2.08. The maximum atomic E-state index is 11.1. The van der Waals surface area contributed by atoms with E-state index in [4.69, 9.17) is 4.74 Å². The molecule has 0 aromatic rings. The van der Waals surface area contributed by atoms with Crippen molar-refractivity contribution >= 4 is 14.0 Å². The molecule has 0 aromatic carbocycles. The molecule has 0 aromatic heterocycles. The molecule has 20 heavy (non-hydrogen) atoms. The molecule has 0 unspecified atom stereocenters. The lowest BCUT2D eigenvalue weighted by molar-refractivity contribution is -0.143. The van der Waals surface area contributed by atoms with Gasteiger partial charge in [-0.1, -0.05) is 62.8 Å². The Bertz CT molecular complexity index is 301. The minimum atomic E-state index is -1.03. The largest absolute Gasteiger partial charge is 0.466 e. The van der Waals surface area contributed by atoms with Gasteiger partial charge in [0.05, 0.1) is 14.7 Å². The van der Waals surface area contributed by atoms with Gasteiger partial charge in [0.15, 0.2) is 0 Å². The van der Waals surface area contributed by atoms with E-state index in [1.54, 1.807) is 0 Å². The molecule has 0 aliphatic heterocycles. The lowest BCUT2D eigenvalue weighted by Crippen LogP contribution is -2.14. The number of carbonyl (C=O) groups is 1. The Morgan fingerprint density at radius 2 is 1.65 bits per heavy atom. The Morgan fingerprint density at radius 3 is 2.30 bits per heavy atom. The van der Waals surface area contributed by atoms with Crippen molar-refractivity contribution in [1.29, 1.82) is 0 Å². The highest BCUT2D eigenvalue weighted by atomic mass is 28.3. The average Bonchev–Trinajstić information content (AvgIpc) is 2.35.